The van der Waals surface area contributed by atoms with Crippen molar-refractivity contribution in [3.8, 4) is 0 Å². The molecule has 0 saturated carbocycles. The summed E-state index contributed by atoms with van der Waals surface area (Å²) in [5.41, 5.74) is -5.53. The van der Waals surface area contributed by atoms with Crippen molar-refractivity contribution in [2.45, 2.75) is 64.8 Å². The van der Waals surface area contributed by atoms with E-state index in [1.807, 2.05) is 0 Å². The monoisotopic (exact) mass is 352 g/mol. The first-order valence-electron chi connectivity index (χ1n) is 7.36. The normalized spacial score (nSPS) is 11.6. The lowest BCUT2D eigenvalue weighted by molar-refractivity contribution is -0.0510. The number of hydrogen-bond acceptors (Lipinski definition) is 4. The number of hydrogen-bond donors (Lipinski definition) is 2. The van der Waals surface area contributed by atoms with Gasteiger partial charge in [-0.05, 0) is 38.9 Å². The van der Waals surface area contributed by atoms with Gasteiger partial charge in [0, 0.05) is 0 Å². The molecule has 138 valence electrons. The van der Waals surface area contributed by atoms with Gasteiger partial charge < -0.3 is 11.1 Å². The molecule has 0 aliphatic heterocycles. The summed E-state index contributed by atoms with van der Waals surface area (Å²) < 4.78 is 57.5. The van der Waals surface area contributed by atoms with Crippen molar-refractivity contribution in [2.24, 2.45) is 0 Å². The van der Waals surface area contributed by atoms with E-state index in [4.69, 9.17) is 13.0 Å². The van der Waals surface area contributed by atoms with Gasteiger partial charge in [-0.2, -0.15) is 21.6 Å². The van der Waals surface area contributed by atoms with Crippen LogP contribution in [-0.2, 0) is 10.1 Å². The molecule has 4 N–H and O–H groups in total. The Hall–Kier alpha value is -0.380. The van der Waals surface area contributed by atoms with Crippen LogP contribution in [-0.4, -0.2) is 43.0 Å². The number of nitrogens with zero attached hydrogens (tertiary/aromatic N) is 1. The zero-order valence-electron chi connectivity index (χ0n) is 13.8. The molecule has 0 bridgehead atoms. The number of rotatable bonds is 9. The summed E-state index contributed by atoms with van der Waals surface area (Å²) >= 11 is 0. The fourth-order valence-corrected chi connectivity index (χ4v) is 1.48. The molecule has 9 heteroatoms. The lowest BCUT2D eigenvalue weighted by Crippen LogP contribution is -2.27. The van der Waals surface area contributed by atoms with Crippen LogP contribution in [0.1, 0.15) is 59.3 Å². The molecule has 5 nitrogen and oxygen atoms in total. The van der Waals surface area contributed by atoms with Crippen molar-refractivity contribution >= 4 is 10.1 Å². The highest BCUT2D eigenvalue weighted by atomic mass is 32.2. The predicted molar refractivity (Wildman–Crippen MR) is 83.8 cm³/mol. The Labute approximate surface area is 132 Å². The SMILES string of the molecule is CCCCN(CCCC)CCCC.N.O=S(=O)(O)C(F)(F)F. The third kappa shape index (κ3) is 16.0. The van der Waals surface area contributed by atoms with Crippen LogP contribution < -0.4 is 6.15 Å². The number of alkyl halides is 3. The molecule has 0 atom stereocenters. The van der Waals surface area contributed by atoms with Crippen LogP contribution in [0.5, 0.6) is 0 Å². The van der Waals surface area contributed by atoms with Gasteiger partial charge in [0.2, 0.25) is 0 Å². The van der Waals surface area contributed by atoms with Gasteiger partial charge in [-0.15, -0.1) is 0 Å². The molecule has 0 amide bonds. The first-order valence-corrected chi connectivity index (χ1v) is 8.80. The van der Waals surface area contributed by atoms with Crippen LogP contribution in [0, 0.1) is 0 Å². The fraction of sp³-hybridized carbons (Fsp3) is 1.00. The van der Waals surface area contributed by atoms with Crippen molar-refractivity contribution in [3.05, 3.63) is 0 Å². The van der Waals surface area contributed by atoms with Crippen LogP contribution in [0.2, 0.25) is 0 Å². The molecular formula is C13H31F3N2O3S. The standard InChI is InChI=1S/C12H27N.CHF3O3S.H3N/c1-4-7-10-13(11-8-5-2)12-9-6-3;2-1(3,4)8(5,6)7;/h4-12H2,1-3H3;(H,5,6,7);1H3. The van der Waals surface area contributed by atoms with Crippen molar-refractivity contribution in [2.75, 3.05) is 19.6 Å². The molecule has 0 saturated heterocycles. The van der Waals surface area contributed by atoms with Gasteiger partial charge in [-0.25, -0.2) is 0 Å². The second-order valence-electron chi connectivity index (χ2n) is 4.82. The van der Waals surface area contributed by atoms with E-state index in [-0.39, 0.29) is 6.15 Å². The van der Waals surface area contributed by atoms with Crippen LogP contribution >= 0.6 is 0 Å². The minimum atomic E-state index is -5.84. The summed E-state index contributed by atoms with van der Waals surface area (Å²) in [7, 11) is -5.84. The lowest BCUT2D eigenvalue weighted by atomic mass is 10.2. The highest BCUT2D eigenvalue weighted by Crippen LogP contribution is 2.20. The Morgan fingerprint density at radius 1 is 0.864 bits per heavy atom. The second kappa shape index (κ2) is 14.2. The van der Waals surface area contributed by atoms with Gasteiger partial charge in [0.05, 0.1) is 0 Å². The summed E-state index contributed by atoms with van der Waals surface area (Å²) in [6.45, 7) is 10.8. The van der Waals surface area contributed by atoms with Crippen molar-refractivity contribution in [1.29, 1.82) is 0 Å². The van der Waals surface area contributed by atoms with E-state index in [0.717, 1.165) is 0 Å². The molecule has 0 aromatic carbocycles. The molecular weight excluding hydrogens is 321 g/mol. The maximum atomic E-state index is 10.7. The van der Waals surface area contributed by atoms with Crippen molar-refractivity contribution < 1.29 is 26.1 Å². The summed E-state index contributed by atoms with van der Waals surface area (Å²) in [6.07, 6.45) is 8.09. The summed E-state index contributed by atoms with van der Waals surface area (Å²) in [5.74, 6) is 0. The van der Waals surface area contributed by atoms with E-state index in [9.17, 15) is 13.2 Å². The maximum Gasteiger partial charge on any atom is 0.522 e. The van der Waals surface area contributed by atoms with Gasteiger partial charge in [0.1, 0.15) is 0 Å². The molecule has 0 aromatic rings. The molecule has 0 radical (unpaired) electrons. The highest BCUT2D eigenvalue weighted by Gasteiger charge is 2.44. The molecule has 0 fully saturated rings. The molecule has 0 unspecified atom stereocenters. The third-order valence-electron chi connectivity index (χ3n) is 2.78. The quantitative estimate of drug-likeness (QED) is 0.478. The van der Waals surface area contributed by atoms with E-state index in [1.54, 1.807) is 0 Å². The Kier molecular flexibility index (Phi) is 17.1. The van der Waals surface area contributed by atoms with Gasteiger partial charge in [-0.3, -0.25) is 4.55 Å². The Balaban J connectivity index is -0.000000348. The molecule has 0 aromatic heterocycles. The van der Waals surface area contributed by atoms with Gasteiger partial charge in [-0.1, -0.05) is 40.0 Å². The average molecular weight is 352 g/mol. The zero-order chi connectivity index (χ0) is 16.9. The minimum Gasteiger partial charge on any atom is -0.344 e. The summed E-state index contributed by atoms with van der Waals surface area (Å²) in [4.78, 5) is 2.64. The fourth-order valence-electron chi connectivity index (χ4n) is 1.48. The Morgan fingerprint density at radius 2 is 1.09 bits per heavy atom. The summed E-state index contributed by atoms with van der Waals surface area (Å²) in [6, 6.07) is 0. The van der Waals surface area contributed by atoms with Gasteiger partial charge >= 0.3 is 15.6 Å². The number of unbranched alkanes of at least 4 members (excludes halogenated alkanes) is 3. The zero-order valence-corrected chi connectivity index (χ0v) is 14.6. The second-order valence-corrected chi connectivity index (χ2v) is 6.24. The highest BCUT2D eigenvalue weighted by molar-refractivity contribution is 7.86. The lowest BCUT2D eigenvalue weighted by Gasteiger charge is -2.21. The maximum absolute atomic E-state index is 10.7. The van der Waals surface area contributed by atoms with Crippen LogP contribution in [0.3, 0.4) is 0 Å². The van der Waals surface area contributed by atoms with E-state index in [2.05, 4.69) is 25.7 Å². The van der Waals surface area contributed by atoms with Crippen LogP contribution in [0.15, 0.2) is 0 Å². The van der Waals surface area contributed by atoms with Crippen molar-refractivity contribution in [3.63, 3.8) is 0 Å². The van der Waals surface area contributed by atoms with E-state index in [0.29, 0.717) is 0 Å². The van der Waals surface area contributed by atoms with Crippen LogP contribution in [0.4, 0.5) is 13.2 Å². The number of halogens is 3. The molecule has 0 spiro atoms. The molecule has 0 aliphatic rings. The summed E-state index contributed by atoms with van der Waals surface area (Å²) in [5, 5.41) is 0. The van der Waals surface area contributed by atoms with Crippen molar-refractivity contribution in [1.82, 2.24) is 11.1 Å². The van der Waals surface area contributed by atoms with Crippen LogP contribution in [0.25, 0.3) is 0 Å². The van der Waals surface area contributed by atoms with Gasteiger partial charge in [0.15, 0.2) is 0 Å². The first-order chi connectivity index (χ1) is 9.60. The topological polar surface area (TPSA) is 92.6 Å². The smallest absolute Gasteiger partial charge is 0.344 e. The molecule has 0 rings (SSSR count). The molecule has 22 heavy (non-hydrogen) atoms. The van der Waals surface area contributed by atoms with Gasteiger partial charge in [0.25, 0.3) is 0 Å². The minimum absolute atomic E-state index is 0. The van der Waals surface area contributed by atoms with E-state index >= 15 is 0 Å². The molecule has 0 heterocycles. The Bertz CT molecular complexity index is 317. The third-order valence-corrected chi connectivity index (χ3v) is 3.36. The van der Waals surface area contributed by atoms with E-state index < -0.39 is 15.6 Å². The van der Waals surface area contributed by atoms with E-state index in [1.165, 1.54) is 58.2 Å². The average Bonchev–Trinajstić information content (AvgIpc) is 2.36. The predicted octanol–water partition coefficient (Wildman–Crippen LogP) is 4.24. The largest absolute Gasteiger partial charge is 0.522 e. The first kappa shape index (κ1) is 26.5. The Morgan fingerprint density at radius 3 is 1.23 bits per heavy atom. The molecule has 0 aliphatic carbocycles.